The Balaban J connectivity index is 3.19. The highest BCUT2D eigenvalue weighted by Crippen LogP contribution is 2.25. The van der Waals surface area contributed by atoms with Crippen LogP contribution in [-0.4, -0.2) is 0 Å². The van der Waals surface area contributed by atoms with Crippen LogP contribution in [0.1, 0.15) is 30.5 Å². The first kappa shape index (κ1) is 10.8. The van der Waals surface area contributed by atoms with Crippen molar-refractivity contribution in [2.45, 2.75) is 27.7 Å². The fourth-order valence-electron chi connectivity index (χ4n) is 1.73. The van der Waals surface area contributed by atoms with Crippen molar-refractivity contribution >= 4 is 5.57 Å². The van der Waals surface area contributed by atoms with Crippen LogP contribution >= 0.6 is 0 Å². The van der Waals surface area contributed by atoms with Gasteiger partial charge in [-0.2, -0.15) is 0 Å². The minimum Gasteiger partial charge on any atom is -0.404 e. The maximum absolute atomic E-state index is 5.65. The maximum Gasteiger partial charge on any atom is -0.00209 e. The third-order valence-corrected chi connectivity index (χ3v) is 2.49. The number of nitrogens with two attached hydrogens (primary N) is 1. The largest absolute Gasteiger partial charge is 0.404 e. The molecule has 0 aliphatic rings. The number of aryl methyl sites for hydroxylation is 2. The van der Waals surface area contributed by atoms with Crippen LogP contribution in [0.3, 0.4) is 0 Å². The zero-order chi connectivity index (χ0) is 10.7. The molecule has 0 spiro atoms. The van der Waals surface area contributed by atoms with Crippen molar-refractivity contribution in [2.24, 2.45) is 11.7 Å². The monoisotopic (exact) mass is 189 g/mol. The lowest BCUT2D eigenvalue weighted by atomic mass is 9.92. The predicted octanol–water partition coefficient (Wildman–Crippen LogP) is 3.26. The van der Waals surface area contributed by atoms with Crippen LogP contribution in [0.4, 0.5) is 0 Å². The summed E-state index contributed by atoms with van der Waals surface area (Å²) in [6, 6.07) is 6.48. The van der Waals surface area contributed by atoms with Gasteiger partial charge in [-0.1, -0.05) is 37.6 Å². The summed E-state index contributed by atoms with van der Waals surface area (Å²) in [4.78, 5) is 0. The van der Waals surface area contributed by atoms with Crippen molar-refractivity contribution < 1.29 is 0 Å². The topological polar surface area (TPSA) is 26.0 Å². The van der Waals surface area contributed by atoms with Gasteiger partial charge in [0, 0.05) is 0 Å². The highest BCUT2D eigenvalue weighted by Gasteiger charge is 2.08. The van der Waals surface area contributed by atoms with Crippen molar-refractivity contribution in [1.29, 1.82) is 0 Å². The zero-order valence-corrected chi connectivity index (χ0v) is 9.46. The van der Waals surface area contributed by atoms with E-state index in [1.165, 1.54) is 22.3 Å². The quantitative estimate of drug-likeness (QED) is 0.759. The van der Waals surface area contributed by atoms with E-state index in [0.29, 0.717) is 5.92 Å². The van der Waals surface area contributed by atoms with Gasteiger partial charge in [0.1, 0.15) is 0 Å². The first-order valence-corrected chi connectivity index (χ1v) is 5.05. The van der Waals surface area contributed by atoms with Gasteiger partial charge >= 0.3 is 0 Å². The standard InChI is InChI=1S/C13H19N/c1-9(2)13(8-14)12-6-5-10(3)7-11(12)4/h5-9H,14H2,1-4H3/b13-8-. The number of rotatable bonds is 2. The summed E-state index contributed by atoms with van der Waals surface area (Å²) >= 11 is 0. The van der Waals surface area contributed by atoms with Gasteiger partial charge in [0.15, 0.2) is 0 Å². The zero-order valence-electron chi connectivity index (χ0n) is 9.46. The number of hydrogen-bond acceptors (Lipinski definition) is 1. The minimum absolute atomic E-state index is 0.474. The molecule has 1 aromatic rings. The first-order chi connectivity index (χ1) is 6.56. The second-order valence-corrected chi connectivity index (χ2v) is 4.10. The molecule has 14 heavy (non-hydrogen) atoms. The van der Waals surface area contributed by atoms with E-state index < -0.39 is 0 Å². The van der Waals surface area contributed by atoms with Crippen molar-refractivity contribution in [3.63, 3.8) is 0 Å². The highest BCUT2D eigenvalue weighted by atomic mass is 14.5. The summed E-state index contributed by atoms with van der Waals surface area (Å²) in [6.45, 7) is 8.57. The summed E-state index contributed by atoms with van der Waals surface area (Å²) in [5, 5.41) is 0. The fraction of sp³-hybridized carbons (Fsp3) is 0.385. The SMILES string of the molecule is Cc1ccc(/C(=C\N)C(C)C)c(C)c1. The van der Waals surface area contributed by atoms with Crippen molar-refractivity contribution in [3.05, 3.63) is 41.1 Å². The van der Waals surface area contributed by atoms with Gasteiger partial charge in [-0.15, -0.1) is 0 Å². The summed E-state index contributed by atoms with van der Waals surface area (Å²) in [5.74, 6) is 0.474. The lowest BCUT2D eigenvalue weighted by Gasteiger charge is -2.14. The van der Waals surface area contributed by atoms with Crippen molar-refractivity contribution in [3.8, 4) is 0 Å². The Kier molecular flexibility index (Phi) is 3.34. The van der Waals surface area contributed by atoms with Crippen LogP contribution in [0, 0.1) is 19.8 Å². The molecule has 0 aromatic heterocycles. The molecule has 0 heterocycles. The summed E-state index contributed by atoms with van der Waals surface area (Å²) in [7, 11) is 0. The molecule has 0 aliphatic heterocycles. The normalized spacial score (nSPS) is 12.2. The molecule has 0 fully saturated rings. The molecule has 0 bridgehead atoms. The van der Waals surface area contributed by atoms with E-state index in [9.17, 15) is 0 Å². The molecule has 0 aliphatic carbocycles. The Hall–Kier alpha value is -1.24. The Morgan fingerprint density at radius 2 is 1.93 bits per heavy atom. The van der Waals surface area contributed by atoms with Crippen molar-refractivity contribution in [1.82, 2.24) is 0 Å². The number of allylic oxidation sites excluding steroid dienone is 1. The Labute approximate surface area is 86.6 Å². The lowest BCUT2D eigenvalue weighted by molar-refractivity contribution is 0.851. The third kappa shape index (κ3) is 2.16. The molecule has 0 saturated heterocycles. The van der Waals surface area contributed by atoms with E-state index in [1.54, 1.807) is 6.20 Å². The summed E-state index contributed by atoms with van der Waals surface area (Å²) in [6.07, 6.45) is 1.72. The summed E-state index contributed by atoms with van der Waals surface area (Å²) in [5.41, 5.74) is 10.7. The first-order valence-electron chi connectivity index (χ1n) is 5.05. The molecule has 0 saturated carbocycles. The van der Waals surface area contributed by atoms with Crippen LogP contribution < -0.4 is 5.73 Å². The van der Waals surface area contributed by atoms with Crippen LogP contribution in [0.5, 0.6) is 0 Å². The number of hydrogen-bond donors (Lipinski definition) is 1. The summed E-state index contributed by atoms with van der Waals surface area (Å²) < 4.78 is 0. The minimum atomic E-state index is 0.474. The molecule has 1 heteroatoms. The van der Waals surface area contributed by atoms with E-state index >= 15 is 0 Å². The third-order valence-electron chi connectivity index (χ3n) is 2.49. The van der Waals surface area contributed by atoms with Crippen LogP contribution in [0.25, 0.3) is 5.57 Å². The van der Waals surface area contributed by atoms with E-state index in [0.717, 1.165) is 0 Å². The van der Waals surface area contributed by atoms with Crippen molar-refractivity contribution in [2.75, 3.05) is 0 Å². The van der Waals surface area contributed by atoms with Crippen LogP contribution in [0.15, 0.2) is 24.4 Å². The molecular weight excluding hydrogens is 170 g/mol. The molecule has 2 N–H and O–H groups in total. The van der Waals surface area contributed by atoms with Crippen LogP contribution in [-0.2, 0) is 0 Å². The lowest BCUT2D eigenvalue weighted by Crippen LogP contribution is -1.99. The van der Waals surface area contributed by atoms with Gasteiger partial charge in [0.2, 0.25) is 0 Å². The molecule has 1 aromatic carbocycles. The van der Waals surface area contributed by atoms with Gasteiger partial charge in [-0.3, -0.25) is 0 Å². The molecule has 1 nitrogen and oxygen atoms in total. The van der Waals surface area contributed by atoms with Crippen LogP contribution in [0.2, 0.25) is 0 Å². The highest BCUT2D eigenvalue weighted by molar-refractivity contribution is 5.69. The Morgan fingerprint density at radius 1 is 1.29 bits per heavy atom. The maximum atomic E-state index is 5.65. The molecule has 1 rings (SSSR count). The second kappa shape index (κ2) is 4.32. The fourth-order valence-corrected chi connectivity index (χ4v) is 1.73. The Morgan fingerprint density at radius 3 is 2.36 bits per heavy atom. The molecule has 0 amide bonds. The van der Waals surface area contributed by atoms with Gasteiger partial charge in [0.25, 0.3) is 0 Å². The smallest absolute Gasteiger partial charge is 0.00209 e. The van der Waals surface area contributed by atoms with Gasteiger partial charge in [-0.05, 0) is 42.7 Å². The van der Waals surface area contributed by atoms with Gasteiger partial charge < -0.3 is 5.73 Å². The van der Waals surface area contributed by atoms with E-state index in [-0.39, 0.29) is 0 Å². The van der Waals surface area contributed by atoms with E-state index in [4.69, 9.17) is 5.73 Å². The average Bonchev–Trinajstić information content (AvgIpc) is 2.09. The Bertz CT molecular complexity index is 348. The molecule has 76 valence electrons. The predicted molar refractivity (Wildman–Crippen MR) is 62.9 cm³/mol. The van der Waals surface area contributed by atoms with Gasteiger partial charge in [0.05, 0.1) is 0 Å². The molecule has 0 atom stereocenters. The van der Waals surface area contributed by atoms with E-state index in [2.05, 4.69) is 45.9 Å². The second-order valence-electron chi connectivity index (χ2n) is 4.10. The molecular formula is C13H19N. The van der Waals surface area contributed by atoms with E-state index in [1.807, 2.05) is 0 Å². The average molecular weight is 189 g/mol. The molecule has 0 unspecified atom stereocenters. The number of benzene rings is 1. The van der Waals surface area contributed by atoms with Gasteiger partial charge in [-0.25, -0.2) is 0 Å². The molecule has 0 radical (unpaired) electrons.